The molecule has 0 spiro atoms. The Bertz CT molecular complexity index is 399. The van der Waals surface area contributed by atoms with Gasteiger partial charge in [-0.2, -0.15) is 5.26 Å². The molecule has 0 saturated heterocycles. The third-order valence-corrected chi connectivity index (χ3v) is 2.52. The van der Waals surface area contributed by atoms with E-state index in [9.17, 15) is 0 Å². The van der Waals surface area contributed by atoms with E-state index in [2.05, 4.69) is 11.4 Å². The fraction of sp³-hybridized carbons (Fsp3) is 0.462. The highest BCUT2D eigenvalue weighted by Gasteiger charge is 2.15. The number of benzene rings is 1. The van der Waals surface area contributed by atoms with E-state index in [0.717, 1.165) is 11.4 Å². The Kier molecular flexibility index (Phi) is 5.98. The Hall–Kier alpha value is -1.77. The molecule has 0 aliphatic rings. The SMILES string of the molecule is COc1cccc(NC(C#N)CC(OC)OC)c1. The summed E-state index contributed by atoms with van der Waals surface area (Å²) >= 11 is 0. The van der Waals surface area contributed by atoms with Gasteiger partial charge in [-0.25, -0.2) is 0 Å². The molecule has 18 heavy (non-hydrogen) atoms. The molecule has 0 radical (unpaired) electrons. The van der Waals surface area contributed by atoms with Crippen molar-refractivity contribution in [3.63, 3.8) is 0 Å². The molecule has 0 bridgehead atoms. The van der Waals surface area contributed by atoms with E-state index in [4.69, 9.17) is 19.5 Å². The van der Waals surface area contributed by atoms with Crippen LogP contribution in [0.2, 0.25) is 0 Å². The summed E-state index contributed by atoms with van der Waals surface area (Å²) in [4.78, 5) is 0. The summed E-state index contributed by atoms with van der Waals surface area (Å²) in [6.07, 6.45) is 0.0496. The molecular formula is C13H18N2O3. The van der Waals surface area contributed by atoms with Crippen LogP contribution in [0, 0.1) is 11.3 Å². The molecule has 1 aromatic carbocycles. The van der Waals surface area contributed by atoms with Crippen LogP contribution >= 0.6 is 0 Å². The van der Waals surface area contributed by atoms with E-state index in [0.29, 0.717) is 6.42 Å². The van der Waals surface area contributed by atoms with Crippen molar-refractivity contribution >= 4 is 5.69 Å². The minimum atomic E-state index is -0.396. The number of anilines is 1. The highest BCUT2D eigenvalue weighted by molar-refractivity contribution is 5.49. The van der Waals surface area contributed by atoms with Gasteiger partial charge in [-0.3, -0.25) is 0 Å². The zero-order valence-corrected chi connectivity index (χ0v) is 10.8. The van der Waals surface area contributed by atoms with E-state index in [1.54, 1.807) is 21.3 Å². The summed E-state index contributed by atoms with van der Waals surface area (Å²) in [6, 6.07) is 9.20. The summed E-state index contributed by atoms with van der Waals surface area (Å²) in [5.41, 5.74) is 0.826. The molecule has 0 amide bonds. The first-order valence-corrected chi connectivity index (χ1v) is 5.59. The van der Waals surface area contributed by atoms with Crippen LogP contribution in [0.5, 0.6) is 5.75 Å². The fourth-order valence-electron chi connectivity index (χ4n) is 1.54. The van der Waals surface area contributed by atoms with Crippen LogP contribution in [0.3, 0.4) is 0 Å². The molecule has 0 saturated carbocycles. The molecule has 1 atom stereocenters. The first kappa shape index (κ1) is 14.3. The van der Waals surface area contributed by atoms with Gasteiger partial charge in [0.15, 0.2) is 6.29 Å². The van der Waals surface area contributed by atoms with Crippen LogP contribution in [0.4, 0.5) is 5.69 Å². The van der Waals surface area contributed by atoms with Crippen molar-refractivity contribution in [3.05, 3.63) is 24.3 Å². The Labute approximate surface area is 107 Å². The average molecular weight is 250 g/mol. The van der Waals surface area contributed by atoms with Crippen LogP contribution in [-0.4, -0.2) is 33.7 Å². The minimum absolute atomic E-state index is 0.387. The van der Waals surface area contributed by atoms with Gasteiger partial charge in [-0.1, -0.05) is 6.07 Å². The van der Waals surface area contributed by atoms with Gasteiger partial charge in [0.25, 0.3) is 0 Å². The summed E-state index contributed by atoms with van der Waals surface area (Å²) in [5, 5.41) is 12.2. The van der Waals surface area contributed by atoms with Gasteiger partial charge in [-0.15, -0.1) is 0 Å². The van der Waals surface area contributed by atoms with Crippen LogP contribution in [-0.2, 0) is 9.47 Å². The summed E-state index contributed by atoms with van der Waals surface area (Å²) in [5.74, 6) is 0.742. The monoisotopic (exact) mass is 250 g/mol. The van der Waals surface area contributed by atoms with Gasteiger partial charge in [0.2, 0.25) is 0 Å². The van der Waals surface area contributed by atoms with E-state index < -0.39 is 6.29 Å². The molecule has 1 aromatic rings. The summed E-state index contributed by atoms with van der Waals surface area (Å²) < 4.78 is 15.3. The number of nitrogens with one attached hydrogen (secondary N) is 1. The molecular weight excluding hydrogens is 232 g/mol. The lowest BCUT2D eigenvalue weighted by Crippen LogP contribution is -2.26. The van der Waals surface area contributed by atoms with Crippen molar-refractivity contribution in [2.24, 2.45) is 0 Å². The molecule has 0 aliphatic heterocycles. The fourth-order valence-corrected chi connectivity index (χ4v) is 1.54. The van der Waals surface area contributed by atoms with Crippen molar-refractivity contribution in [1.82, 2.24) is 0 Å². The standard InChI is InChI=1S/C13H18N2O3/c1-16-12-6-4-5-10(7-12)15-11(9-14)8-13(17-2)18-3/h4-7,11,13,15H,8H2,1-3H3. The maximum Gasteiger partial charge on any atom is 0.159 e. The lowest BCUT2D eigenvalue weighted by molar-refractivity contribution is -0.106. The van der Waals surface area contributed by atoms with Gasteiger partial charge in [-0.05, 0) is 12.1 Å². The van der Waals surface area contributed by atoms with Crippen LogP contribution in [0.15, 0.2) is 24.3 Å². The number of rotatable bonds is 7. The molecule has 0 fully saturated rings. The lowest BCUT2D eigenvalue weighted by atomic mass is 10.2. The quantitative estimate of drug-likeness (QED) is 0.750. The van der Waals surface area contributed by atoms with Crippen molar-refractivity contribution in [2.45, 2.75) is 18.8 Å². The Morgan fingerprint density at radius 2 is 2.00 bits per heavy atom. The highest BCUT2D eigenvalue weighted by atomic mass is 16.7. The van der Waals surface area contributed by atoms with E-state index >= 15 is 0 Å². The zero-order valence-electron chi connectivity index (χ0n) is 10.8. The van der Waals surface area contributed by atoms with E-state index in [1.807, 2.05) is 24.3 Å². The van der Waals surface area contributed by atoms with Gasteiger partial charge in [0.05, 0.1) is 13.2 Å². The third-order valence-electron chi connectivity index (χ3n) is 2.52. The van der Waals surface area contributed by atoms with E-state index in [-0.39, 0.29) is 6.04 Å². The molecule has 1 rings (SSSR count). The predicted octanol–water partition coefficient (Wildman–Crippen LogP) is 2.01. The normalized spacial score (nSPS) is 11.9. The van der Waals surface area contributed by atoms with Crippen molar-refractivity contribution in [2.75, 3.05) is 26.6 Å². The number of nitriles is 1. The Balaban J connectivity index is 2.65. The summed E-state index contributed by atoms with van der Waals surface area (Å²) in [7, 11) is 4.70. The molecule has 0 heterocycles. The van der Waals surface area contributed by atoms with Crippen molar-refractivity contribution in [1.29, 1.82) is 5.26 Å². The molecule has 1 N–H and O–H groups in total. The van der Waals surface area contributed by atoms with Gasteiger partial charge < -0.3 is 19.5 Å². The summed E-state index contributed by atoms with van der Waals surface area (Å²) in [6.45, 7) is 0. The first-order chi connectivity index (χ1) is 8.73. The molecule has 1 unspecified atom stereocenters. The second kappa shape index (κ2) is 7.54. The maximum atomic E-state index is 9.10. The Morgan fingerprint density at radius 1 is 1.28 bits per heavy atom. The number of nitrogens with zero attached hydrogens (tertiary/aromatic N) is 1. The largest absolute Gasteiger partial charge is 0.497 e. The van der Waals surface area contributed by atoms with Gasteiger partial charge in [0.1, 0.15) is 11.8 Å². The van der Waals surface area contributed by atoms with Crippen molar-refractivity contribution < 1.29 is 14.2 Å². The molecule has 0 aromatic heterocycles. The second-order valence-corrected chi connectivity index (χ2v) is 3.69. The highest BCUT2D eigenvalue weighted by Crippen LogP contribution is 2.18. The lowest BCUT2D eigenvalue weighted by Gasteiger charge is -2.18. The number of ether oxygens (including phenoxy) is 3. The molecule has 0 aliphatic carbocycles. The minimum Gasteiger partial charge on any atom is -0.497 e. The first-order valence-electron chi connectivity index (χ1n) is 5.59. The van der Waals surface area contributed by atoms with Crippen LogP contribution in [0.1, 0.15) is 6.42 Å². The van der Waals surface area contributed by atoms with Crippen LogP contribution in [0.25, 0.3) is 0 Å². The zero-order chi connectivity index (χ0) is 13.4. The molecule has 98 valence electrons. The maximum absolute atomic E-state index is 9.10. The average Bonchev–Trinajstić information content (AvgIpc) is 2.43. The van der Waals surface area contributed by atoms with Crippen molar-refractivity contribution in [3.8, 4) is 11.8 Å². The van der Waals surface area contributed by atoms with Gasteiger partial charge in [0, 0.05) is 32.4 Å². The molecule has 5 nitrogen and oxygen atoms in total. The topological polar surface area (TPSA) is 63.5 Å². The number of methoxy groups -OCH3 is 3. The third kappa shape index (κ3) is 4.24. The smallest absolute Gasteiger partial charge is 0.159 e. The predicted molar refractivity (Wildman–Crippen MR) is 68.4 cm³/mol. The molecule has 5 heteroatoms. The van der Waals surface area contributed by atoms with Crippen LogP contribution < -0.4 is 10.1 Å². The van der Waals surface area contributed by atoms with Gasteiger partial charge >= 0.3 is 0 Å². The Morgan fingerprint density at radius 3 is 2.56 bits per heavy atom. The van der Waals surface area contributed by atoms with E-state index in [1.165, 1.54) is 0 Å². The number of hydrogen-bond acceptors (Lipinski definition) is 5. The second-order valence-electron chi connectivity index (χ2n) is 3.69. The number of hydrogen-bond donors (Lipinski definition) is 1.